The number of aryl methyl sites for hydroxylation is 2. The van der Waals surface area contributed by atoms with E-state index >= 15 is 0 Å². The molecule has 2 aliphatic carbocycles. The Morgan fingerprint density at radius 3 is 2.72 bits per heavy atom. The Morgan fingerprint density at radius 1 is 1.56 bits per heavy atom. The molecule has 1 aromatic rings. The first kappa shape index (κ1) is 11.5. The first-order valence-corrected chi connectivity index (χ1v) is 6.45. The van der Waals surface area contributed by atoms with E-state index < -0.39 is 0 Å². The van der Waals surface area contributed by atoms with Crippen molar-refractivity contribution in [2.75, 3.05) is 11.9 Å². The van der Waals surface area contributed by atoms with Crippen LogP contribution in [0.15, 0.2) is 0 Å². The molecule has 0 spiro atoms. The maximum absolute atomic E-state index is 11.1. The summed E-state index contributed by atoms with van der Waals surface area (Å²) in [4.78, 5) is 10.7. The molecule has 0 saturated heterocycles. The van der Waals surface area contributed by atoms with Gasteiger partial charge in [0.1, 0.15) is 5.69 Å². The molecular formula is C12H18N4O2. The standard InChI is InChI=1S/C12H18N4O2/c1-8-10(16(17)18)11(15(2)14-8)13-7-12(5-6-12)9-3-4-9/h9,13H,3-7H2,1-2H3. The molecule has 0 atom stereocenters. The summed E-state index contributed by atoms with van der Waals surface area (Å²) in [5.41, 5.74) is 1.01. The van der Waals surface area contributed by atoms with Gasteiger partial charge in [0.05, 0.1) is 4.92 Å². The maximum Gasteiger partial charge on any atom is 0.333 e. The minimum atomic E-state index is -0.346. The number of anilines is 1. The number of aromatic nitrogens is 2. The highest BCUT2D eigenvalue weighted by atomic mass is 16.6. The van der Waals surface area contributed by atoms with E-state index in [9.17, 15) is 10.1 Å². The summed E-state index contributed by atoms with van der Waals surface area (Å²) in [7, 11) is 1.75. The summed E-state index contributed by atoms with van der Waals surface area (Å²) in [6.45, 7) is 2.52. The van der Waals surface area contributed by atoms with E-state index in [0.29, 0.717) is 16.9 Å². The van der Waals surface area contributed by atoms with Crippen LogP contribution in [0.25, 0.3) is 0 Å². The van der Waals surface area contributed by atoms with Crippen molar-refractivity contribution in [3.8, 4) is 0 Å². The molecule has 1 aromatic heterocycles. The predicted molar refractivity (Wildman–Crippen MR) is 67.5 cm³/mol. The maximum atomic E-state index is 11.1. The Bertz CT molecular complexity index is 500. The normalized spacial score (nSPS) is 20.8. The van der Waals surface area contributed by atoms with Crippen LogP contribution in [0.1, 0.15) is 31.4 Å². The minimum Gasteiger partial charge on any atom is -0.364 e. The molecule has 18 heavy (non-hydrogen) atoms. The van der Waals surface area contributed by atoms with Crippen LogP contribution in [0.3, 0.4) is 0 Å². The summed E-state index contributed by atoms with van der Waals surface area (Å²) >= 11 is 0. The molecule has 0 aromatic carbocycles. The fourth-order valence-corrected chi connectivity index (χ4v) is 2.91. The lowest BCUT2D eigenvalue weighted by molar-refractivity contribution is -0.384. The van der Waals surface area contributed by atoms with E-state index in [1.54, 1.807) is 18.7 Å². The number of nitro groups is 1. The van der Waals surface area contributed by atoms with Gasteiger partial charge in [0.2, 0.25) is 5.82 Å². The highest BCUT2D eigenvalue weighted by Crippen LogP contribution is 2.61. The van der Waals surface area contributed by atoms with Gasteiger partial charge in [0.15, 0.2) is 0 Å². The molecule has 6 nitrogen and oxygen atoms in total. The van der Waals surface area contributed by atoms with Crippen LogP contribution in [-0.2, 0) is 7.05 Å². The molecule has 98 valence electrons. The number of hydrogen-bond donors (Lipinski definition) is 1. The third-order valence-electron chi connectivity index (χ3n) is 4.32. The molecule has 0 radical (unpaired) electrons. The summed E-state index contributed by atoms with van der Waals surface area (Å²) in [6, 6.07) is 0. The molecular weight excluding hydrogens is 232 g/mol. The Balaban J connectivity index is 1.78. The largest absolute Gasteiger partial charge is 0.364 e. The van der Waals surface area contributed by atoms with Gasteiger partial charge in [-0.3, -0.25) is 10.1 Å². The second kappa shape index (κ2) is 3.70. The van der Waals surface area contributed by atoms with Gasteiger partial charge in [-0.25, -0.2) is 4.68 Å². The lowest BCUT2D eigenvalue weighted by Crippen LogP contribution is -2.19. The average Bonchev–Trinajstić information content (AvgIpc) is 3.13. The first-order chi connectivity index (χ1) is 8.53. The van der Waals surface area contributed by atoms with Crippen LogP contribution in [-0.4, -0.2) is 21.2 Å². The van der Waals surface area contributed by atoms with Gasteiger partial charge in [-0.05, 0) is 43.9 Å². The fraction of sp³-hybridized carbons (Fsp3) is 0.750. The van der Waals surface area contributed by atoms with Crippen LogP contribution in [0.2, 0.25) is 0 Å². The molecule has 0 unspecified atom stereocenters. The monoisotopic (exact) mass is 250 g/mol. The molecule has 6 heteroatoms. The van der Waals surface area contributed by atoms with E-state index in [1.165, 1.54) is 25.7 Å². The molecule has 3 rings (SSSR count). The Kier molecular flexibility index (Phi) is 2.36. The molecule has 0 amide bonds. The van der Waals surface area contributed by atoms with Crippen molar-refractivity contribution in [3.63, 3.8) is 0 Å². The number of hydrogen-bond acceptors (Lipinski definition) is 4. The van der Waals surface area contributed by atoms with Gasteiger partial charge >= 0.3 is 5.69 Å². The van der Waals surface area contributed by atoms with Crippen LogP contribution in [0.4, 0.5) is 11.5 Å². The van der Waals surface area contributed by atoms with Gasteiger partial charge in [-0.2, -0.15) is 5.10 Å². The predicted octanol–water partition coefficient (Wildman–Crippen LogP) is 2.24. The second-order valence-corrected chi connectivity index (χ2v) is 5.65. The number of nitrogens with zero attached hydrogens (tertiary/aromatic N) is 3. The zero-order chi connectivity index (χ0) is 12.9. The van der Waals surface area contributed by atoms with Crippen LogP contribution < -0.4 is 5.32 Å². The first-order valence-electron chi connectivity index (χ1n) is 6.45. The summed E-state index contributed by atoms with van der Waals surface area (Å²) in [5, 5.41) is 18.4. The van der Waals surface area contributed by atoms with Crippen LogP contribution >= 0.6 is 0 Å². The fourth-order valence-electron chi connectivity index (χ4n) is 2.91. The molecule has 0 bridgehead atoms. The molecule has 1 N–H and O–H groups in total. The number of nitrogens with one attached hydrogen (secondary N) is 1. The van der Waals surface area contributed by atoms with E-state index in [1.807, 2.05) is 0 Å². The minimum absolute atomic E-state index is 0.115. The molecule has 0 aliphatic heterocycles. The molecule has 2 saturated carbocycles. The highest BCUT2D eigenvalue weighted by Gasteiger charge is 2.53. The summed E-state index contributed by atoms with van der Waals surface area (Å²) in [5.74, 6) is 1.39. The summed E-state index contributed by atoms with van der Waals surface area (Å²) < 4.78 is 1.58. The quantitative estimate of drug-likeness (QED) is 0.642. The van der Waals surface area contributed by atoms with Crippen LogP contribution in [0, 0.1) is 28.4 Å². The number of rotatable bonds is 5. The van der Waals surface area contributed by atoms with Gasteiger partial charge in [0, 0.05) is 13.6 Å². The third kappa shape index (κ3) is 1.76. The Morgan fingerprint density at radius 2 is 2.22 bits per heavy atom. The van der Waals surface area contributed by atoms with Crippen molar-refractivity contribution in [1.82, 2.24) is 9.78 Å². The van der Waals surface area contributed by atoms with Crippen molar-refractivity contribution < 1.29 is 4.92 Å². The van der Waals surface area contributed by atoms with E-state index in [2.05, 4.69) is 10.4 Å². The van der Waals surface area contributed by atoms with Crippen molar-refractivity contribution in [1.29, 1.82) is 0 Å². The lowest BCUT2D eigenvalue weighted by atomic mass is 10.0. The van der Waals surface area contributed by atoms with Gasteiger partial charge in [-0.1, -0.05) is 0 Å². The average molecular weight is 250 g/mol. The van der Waals surface area contributed by atoms with E-state index in [-0.39, 0.29) is 10.6 Å². The topological polar surface area (TPSA) is 73.0 Å². The second-order valence-electron chi connectivity index (χ2n) is 5.65. The SMILES string of the molecule is Cc1nn(C)c(NCC2(C3CC3)CC2)c1[N+](=O)[O-]. The molecule has 2 fully saturated rings. The zero-order valence-electron chi connectivity index (χ0n) is 10.8. The van der Waals surface area contributed by atoms with Crippen molar-refractivity contribution >= 4 is 11.5 Å². The van der Waals surface area contributed by atoms with Crippen molar-refractivity contribution in [2.24, 2.45) is 18.4 Å². The smallest absolute Gasteiger partial charge is 0.333 e. The summed E-state index contributed by atoms with van der Waals surface area (Å²) in [6.07, 6.45) is 5.17. The van der Waals surface area contributed by atoms with Gasteiger partial charge in [-0.15, -0.1) is 0 Å². The van der Waals surface area contributed by atoms with Crippen molar-refractivity contribution in [3.05, 3.63) is 15.8 Å². The Labute approximate surface area is 106 Å². The Hall–Kier alpha value is -1.59. The lowest BCUT2D eigenvalue weighted by Gasteiger charge is -2.15. The molecule has 2 aliphatic rings. The van der Waals surface area contributed by atoms with Gasteiger partial charge in [0.25, 0.3) is 0 Å². The van der Waals surface area contributed by atoms with E-state index in [0.717, 1.165) is 12.5 Å². The zero-order valence-corrected chi connectivity index (χ0v) is 10.8. The van der Waals surface area contributed by atoms with Gasteiger partial charge < -0.3 is 5.32 Å². The van der Waals surface area contributed by atoms with Crippen LogP contribution in [0.5, 0.6) is 0 Å². The third-order valence-corrected chi connectivity index (χ3v) is 4.32. The highest BCUT2D eigenvalue weighted by molar-refractivity contribution is 5.59. The van der Waals surface area contributed by atoms with E-state index in [4.69, 9.17) is 0 Å². The molecule has 1 heterocycles. The van der Waals surface area contributed by atoms with Crippen molar-refractivity contribution in [2.45, 2.75) is 32.6 Å².